The van der Waals surface area contributed by atoms with Gasteiger partial charge in [0.25, 0.3) is 11.1 Å². The maximum Gasteiger partial charge on any atom is 0.409 e. The van der Waals surface area contributed by atoms with Crippen LogP contribution in [0.4, 0.5) is 9.59 Å². The van der Waals surface area contributed by atoms with Crippen molar-refractivity contribution in [2.75, 3.05) is 19.7 Å². The monoisotopic (exact) mass is 526 g/mol. The third kappa shape index (κ3) is 4.91. The molecule has 8 heteroatoms. The number of nitrogens with one attached hydrogen (secondary N) is 1. The molecule has 3 aromatic carbocycles. The second-order valence-electron chi connectivity index (χ2n) is 9.53. The van der Waals surface area contributed by atoms with Crippen molar-refractivity contribution in [2.45, 2.75) is 24.9 Å². The molecule has 0 aromatic heterocycles. The Balaban J connectivity index is 1.00. The fourth-order valence-electron chi connectivity index (χ4n) is 5.25. The molecule has 2 heterocycles. The fraction of sp³-hybridized carbons (Fsp3) is 0.233. The number of nitrogens with zero attached hydrogens (tertiary/aromatic N) is 1. The summed E-state index contributed by atoms with van der Waals surface area (Å²) in [5.41, 5.74) is 5.65. The van der Waals surface area contributed by atoms with Gasteiger partial charge in [-0.05, 0) is 57.8 Å². The molecular formula is C30H26N2O5S. The molecule has 3 aliphatic rings. The molecule has 3 aromatic rings. The van der Waals surface area contributed by atoms with Crippen LogP contribution in [0.1, 0.15) is 35.4 Å². The van der Waals surface area contributed by atoms with Crippen LogP contribution in [0.15, 0.2) is 77.7 Å². The molecule has 1 aliphatic carbocycles. The number of fused-ring (bicyclic) bond motifs is 3. The van der Waals surface area contributed by atoms with Gasteiger partial charge in [0.2, 0.25) is 0 Å². The van der Waals surface area contributed by atoms with Crippen molar-refractivity contribution < 1.29 is 23.9 Å². The Hall–Kier alpha value is -4.04. The number of imide groups is 1. The molecule has 0 saturated carbocycles. The molecule has 192 valence electrons. The number of carbonyl (C=O) groups excluding carboxylic acids is 3. The van der Waals surface area contributed by atoms with Gasteiger partial charge in [0, 0.05) is 31.8 Å². The minimum Gasteiger partial charge on any atom is -0.490 e. The molecule has 2 fully saturated rings. The minimum absolute atomic E-state index is 0.00521. The summed E-state index contributed by atoms with van der Waals surface area (Å²) in [6.07, 6.45) is 2.84. The van der Waals surface area contributed by atoms with Gasteiger partial charge in [-0.1, -0.05) is 60.7 Å². The van der Waals surface area contributed by atoms with Gasteiger partial charge < -0.3 is 14.4 Å². The first-order chi connectivity index (χ1) is 18.5. The summed E-state index contributed by atoms with van der Waals surface area (Å²) >= 11 is 0.896. The smallest absolute Gasteiger partial charge is 0.409 e. The van der Waals surface area contributed by atoms with E-state index in [0.717, 1.165) is 35.9 Å². The number of rotatable bonds is 5. The van der Waals surface area contributed by atoms with E-state index in [9.17, 15) is 14.4 Å². The van der Waals surface area contributed by atoms with E-state index < -0.39 is 0 Å². The molecule has 38 heavy (non-hydrogen) atoms. The second-order valence-corrected chi connectivity index (χ2v) is 10.5. The lowest BCUT2D eigenvalue weighted by Crippen LogP contribution is -2.42. The van der Waals surface area contributed by atoms with Crippen molar-refractivity contribution in [1.82, 2.24) is 10.2 Å². The van der Waals surface area contributed by atoms with Crippen LogP contribution in [0.25, 0.3) is 17.2 Å². The van der Waals surface area contributed by atoms with Crippen LogP contribution in [0.5, 0.6) is 5.75 Å². The van der Waals surface area contributed by atoms with Gasteiger partial charge in [0.15, 0.2) is 0 Å². The molecule has 7 nitrogen and oxygen atoms in total. The molecule has 0 atom stereocenters. The molecule has 1 N–H and O–H groups in total. The normalized spacial score (nSPS) is 18.3. The van der Waals surface area contributed by atoms with Gasteiger partial charge >= 0.3 is 6.09 Å². The van der Waals surface area contributed by atoms with Gasteiger partial charge in [0.05, 0.1) is 4.91 Å². The quantitative estimate of drug-likeness (QED) is 0.423. The second kappa shape index (κ2) is 10.4. The molecular weight excluding hydrogens is 500 g/mol. The first-order valence-corrected chi connectivity index (χ1v) is 13.5. The van der Waals surface area contributed by atoms with Crippen LogP contribution in [-0.2, 0) is 9.53 Å². The molecule has 0 bridgehead atoms. The van der Waals surface area contributed by atoms with Crippen LogP contribution >= 0.6 is 11.8 Å². The first kappa shape index (κ1) is 24.3. The molecule has 2 aliphatic heterocycles. The number of amides is 3. The number of ether oxygens (including phenoxy) is 2. The zero-order valence-corrected chi connectivity index (χ0v) is 21.4. The van der Waals surface area contributed by atoms with E-state index in [2.05, 4.69) is 29.6 Å². The minimum atomic E-state index is -0.372. The largest absolute Gasteiger partial charge is 0.490 e. The Bertz CT molecular complexity index is 1380. The highest BCUT2D eigenvalue weighted by Crippen LogP contribution is 2.44. The predicted octanol–water partition coefficient (Wildman–Crippen LogP) is 5.80. The zero-order valence-electron chi connectivity index (χ0n) is 20.6. The van der Waals surface area contributed by atoms with E-state index in [1.807, 2.05) is 48.5 Å². The Labute approximate surface area is 224 Å². The van der Waals surface area contributed by atoms with Gasteiger partial charge in [-0.3, -0.25) is 14.9 Å². The molecule has 2 saturated heterocycles. The highest BCUT2D eigenvalue weighted by atomic mass is 32.2. The Morgan fingerprint density at radius 2 is 1.55 bits per heavy atom. The van der Waals surface area contributed by atoms with E-state index in [-0.39, 0.29) is 29.3 Å². The summed E-state index contributed by atoms with van der Waals surface area (Å²) in [6, 6.07) is 24.0. The lowest BCUT2D eigenvalue weighted by Gasteiger charge is -2.31. The Morgan fingerprint density at radius 3 is 2.16 bits per heavy atom. The number of carbonyl (C=O) groups is 3. The number of hydrogen-bond donors (Lipinski definition) is 1. The predicted molar refractivity (Wildman–Crippen MR) is 146 cm³/mol. The summed E-state index contributed by atoms with van der Waals surface area (Å²) in [5, 5.41) is 1.89. The summed E-state index contributed by atoms with van der Waals surface area (Å²) in [4.78, 5) is 38.0. The number of thioether (sulfide) groups is 1. The summed E-state index contributed by atoms with van der Waals surface area (Å²) in [7, 11) is 0. The van der Waals surface area contributed by atoms with Gasteiger partial charge in [0.1, 0.15) is 18.5 Å². The lowest BCUT2D eigenvalue weighted by molar-refractivity contribution is -0.115. The van der Waals surface area contributed by atoms with E-state index in [1.165, 1.54) is 22.3 Å². The van der Waals surface area contributed by atoms with Crippen LogP contribution in [-0.4, -0.2) is 47.9 Å². The maximum atomic E-state index is 12.9. The molecule has 0 spiro atoms. The maximum absolute atomic E-state index is 12.9. The van der Waals surface area contributed by atoms with Crippen molar-refractivity contribution in [3.8, 4) is 16.9 Å². The highest BCUT2D eigenvalue weighted by molar-refractivity contribution is 8.18. The van der Waals surface area contributed by atoms with Crippen molar-refractivity contribution in [1.29, 1.82) is 0 Å². The summed E-state index contributed by atoms with van der Waals surface area (Å²) in [5.74, 6) is 0.405. The first-order valence-electron chi connectivity index (χ1n) is 12.7. The topological polar surface area (TPSA) is 84.9 Å². The third-order valence-corrected chi connectivity index (χ3v) is 7.97. The standard InChI is InChI=1S/C30H26N2O5S/c33-28-27(38-29(34)31-28)17-19-9-11-20(12-10-19)37-21-13-15-32(16-14-21)30(35)36-18-26-24-7-3-1-5-22(24)23-6-2-4-8-25(23)26/h1-12,17,21,26H,13-16,18H2,(H,31,33,34)/b27-17+. The fourth-order valence-corrected chi connectivity index (χ4v) is 5.93. The Morgan fingerprint density at radius 1 is 0.921 bits per heavy atom. The van der Waals surface area contributed by atoms with Crippen LogP contribution in [0.2, 0.25) is 0 Å². The molecule has 6 rings (SSSR count). The highest BCUT2D eigenvalue weighted by Gasteiger charge is 2.31. The summed E-state index contributed by atoms with van der Waals surface area (Å²) < 4.78 is 11.9. The molecule has 3 amide bonds. The van der Waals surface area contributed by atoms with Crippen molar-refractivity contribution in [2.24, 2.45) is 0 Å². The molecule has 0 unspecified atom stereocenters. The van der Waals surface area contributed by atoms with E-state index >= 15 is 0 Å². The van der Waals surface area contributed by atoms with Crippen LogP contribution in [0, 0.1) is 0 Å². The molecule has 0 radical (unpaired) electrons. The van der Waals surface area contributed by atoms with Crippen LogP contribution in [0.3, 0.4) is 0 Å². The SMILES string of the molecule is O=C1NC(=O)/C(=C\c2ccc(OC3CCN(C(=O)OCC4c5ccccc5-c5ccccc54)CC3)cc2)S1. The van der Waals surface area contributed by atoms with E-state index in [1.54, 1.807) is 11.0 Å². The van der Waals surface area contributed by atoms with Gasteiger partial charge in [-0.15, -0.1) is 0 Å². The van der Waals surface area contributed by atoms with Crippen molar-refractivity contribution in [3.05, 3.63) is 94.4 Å². The Kier molecular flexibility index (Phi) is 6.64. The van der Waals surface area contributed by atoms with E-state index in [4.69, 9.17) is 9.47 Å². The lowest BCUT2D eigenvalue weighted by atomic mass is 9.98. The van der Waals surface area contributed by atoms with Crippen molar-refractivity contribution in [3.63, 3.8) is 0 Å². The van der Waals surface area contributed by atoms with Gasteiger partial charge in [-0.25, -0.2) is 4.79 Å². The number of likely N-dealkylation sites (tertiary alicyclic amines) is 1. The average Bonchev–Trinajstić information content (AvgIpc) is 3.44. The van der Waals surface area contributed by atoms with E-state index in [0.29, 0.717) is 24.6 Å². The van der Waals surface area contributed by atoms with Crippen molar-refractivity contribution >= 4 is 35.1 Å². The van der Waals surface area contributed by atoms with Crippen LogP contribution < -0.4 is 10.1 Å². The average molecular weight is 527 g/mol. The number of piperidine rings is 1. The number of benzene rings is 3. The summed E-state index contributed by atoms with van der Waals surface area (Å²) in [6.45, 7) is 1.47. The third-order valence-electron chi connectivity index (χ3n) is 7.16. The number of hydrogen-bond acceptors (Lipinski definition) is 6. The van der Waals surface area contributed by atoms with Gasteiger partial charge in [-0.2, -0.15) is 0 Å². The zero-order chi connectivity index (χ0) is 26.1.